The van der Waals surface area contributed by atoms with Gasteiger partial charge in [0.25, 0.3) is 0 Å². The maximum Gasteiger partial charge on any atom is 0.147 e. The first-order chi connectivity index (χ1) is 4.70. The van der Waals surface area contributed by atoms with E-state index in [1.165, 1.54) is 0 Å². The van der Waals surface area contributed by atoms with Crippen molar-refractivity contribution in [1.82, 2.24) is 4.90 Å². The van der Waals surface area contributed by atoms with Gasteiger partial charge in [-0.25, -0.2) is 4.39 Å². The van der Waals surface area contributed by atoms with Crippen LogP contribution in [-0.4, -0.2) is 24.0 Å². The minimum absolute atomic E-state index is 0.178. The molecular formula is C8H15FN. The van der Waals surface area contributed by atoms with Crippen LogP contribution in [0.15, 0.2) is 0 Å². The summed E-state index contributed by atoms with van der Waals surface area (Å²) in [4.78, 5) is 2.31. The molecular weight excluding hydrogens is 129 g/mol. The fraction of sp³-hybridized carbons (Fsp3) is 0.875. The van der Waals surface area contributed by atoms with Crippen molar-refractivity contribution in [3.63, 3.8) is 0 Å². The molecule has 1 fully saturated rings. The van der Waals surface area contributed by atoms with Gasteiger partial charge in [-0.3, -0.25) is 0 Å². The average Bonchev–Trinajstić information content (AvgIpc) is 1.88. The molecule has 0 amide bonds. The van der Waals surface area contributed by atoms with Gasteiger partial charge in [0.2, 0.25) is 0 Å². The number of likely N-dealkylation sites (tertiary alicyclic amines) is 1. The molecule has 0 aromatic rings. The molecule has 1 radical (unpaired) electrons. The molecule has 0 aromatic carbocycles. The molecule has 0 saturated carbocycles. The minimum atomic E-state index is 0.178. The van der Waals surface area contributed by atoms with E-state index in [4.69, 9.17) is 0 Å². The lowest BCUT2D eigenvalue weighted by Gasteiger charge is -2.31. The monoisotopic (exact) mass is 144 g/mol. The van der Waals surface area contributed by atoms with E-state index >= 15 is 0 Å². The van der Waals surface area contributed by atoms with Crippen molar-refractivity contribution in [1.29, 1.82) is 0 Å². The highest BCUT2D eigenvalue weighted by Gasteiger charge is 2.20. The molecule has 1 nitrogen and oxygen atoms in total. The lowest BCUT2D eigenvalue weighted by atomic mass is 10.1. The van der Waals surface area contributed by atoms with Crippen LogP contribution in [0.1, 0.15) is 26.7 Å². The molecule has 2 heteroatoms. The zero-order valence-electron chi connectivity index (χ0n) is 6.73. The quantitative estimate of drug-likeness (QED) is 0.544. The third-order valence-electron chi connectivity index (χ3n) is 2.07. The summed E-state index contributed by atoms with van der Waals surface area (Å²) in [7, 11) is 0. The standard InChI is InChI=1S/C8H15FN/c1-7(2)10-5-3-8(9)4-6-10/h7H,3-6H2,1-2H3. The number of piperidine rings is 1. The first kappa shape index (κ1) is 7.99. The van der Waals surface area contributed by atoms with Crippen LogP contribution < -0.4 is 0 Å². The predicted molar refractivity (Wildman–Crippen MR) is 40.3 cm³/mol. The molecule has 10 heavy (non-hydrogen) atoms. The Hall–Kier alpha value is -0.110. The molecule has 0 N–H and O–H groups in total. The van der Waals surface area contributed by atoms with Crippen LogP contribution in [0.25, 0.3) is 0 Å². The second kappa shape index (κ2) is 3.33. The summed E-state index contributed by atoms with van der Waals surface area (Å²) in [5, 5.41) is 0. The van der Waals surface area contributed by atoms with Crippen LogP contribution in [0.4, 0.5) is 4.39 Å². The SMILES string of the molecule is CC(C)N1CC[C](F)CC1. The Morgan fingerprint density at radius 3 is 2.20 bits per heavy atom. The molecule has 1 aliphatic heterocycles. The third kappa shape index (κ3) is 1.94. The molecule has 0 bridgehead atoms. The summed E-state index contributed by atoms with van der Waals surface area (Å²) in [6, 6.07) is 0.577. The highest BCUT2D eigenvalue weighted by atomic mass is 19.1. The molecule has 0 aromatic heterocycles. The molecule has 0 spiro atoms. The molecule has 0 atom stereocenters. The van der Waals surface area contributed by atoms with E-state index in [1.54, 1.807) is 0 Å². The van der Waals surface area contributed by atoms with Gasteiger partial charge in [-0.15, -0.1) is 0 Å². The van der Waals surface area contributed by atoms with E-state index in [0.717, 1.165) is 13.1 Å². The fourth-order valence-corrected chi connectivity index (χ4v) is 1.28. The van der Waals surface area contributed by atoms with Gasteiger partial charge in [-0.2, -0.15) is 0 Å². The lowest BCUT2D eigenvalue weighted by Crippen LogP contribution is -2.37. The topological polar surface area (TPSA) is 3.24 Å². The number of nitrogens with zero attached hydrogens (tertiary/aromatic N) is 1. The Bertz CT molecular complexity index is 95.4. The maximum atomic E-state index is 12.5. The minimum Gasteiger partial charge on any atom is -0.301 e. The highest BCUT2D eigenvalue weighted by Crippen LogP contribution is 2.20. The van der Waals surface area contributed by atoms with Gasteiger partial charge in [-0.1, -0.05) is 0 Å². The first-order valence-electron chi connectivity index (χ1n) is 3.94. The maximum absolute atomic E-state index is 12.5. The second-order valence-electron chi connectivity index (χ2n) is 3.15. The Balaban J connectivity index is 2.26. The van der Waals surface area contributed by atoms with Crippen molar-refractivity contribution in [2.24, 2.45) is 0 Å². The van der Waals surface area contributed by atoms with E-state index in [2.05, 4.69) is 18.7 Å². The number of halogens is 1. The van der Waals surface area contributed by atoms with E-state index in [9.17, 15) is 4.39 Å². The van der Waals surface area contributed by atoms with Crippen LogP contribution >= 0.6 is 0 Å². The summed E-state index contributed by atoms with van der Waals surface area (Å²) in [6.45, 7) is 6.12. The fourth-order valence-electron chi connectivity index (χ4n) is 1.28. The normalized spacial score (nSPS) is 24.0. The Morgan fingerprint density at radius 2 is 1.80 bits per heavy atom. The van der Waals surface area contributed by atoms with Gasteiger partial charge in [0, 0.05) is 19.1 Å². The average molecular weight is 144 g/mol. The molecule has 0 unspecified atom stereocenters. The van der Waals surface area contributed by atoms with Crippen LogP contribution in [-0.2, 0) is 0 Å². The van der Waals surface area contributed by atoms with Crippen molar-refractivity contribution in [2.75, 3.05) is 13.1 Å². The number of hydrogen-bond acceptors (Lipinski definition) is 1. The summed E-state index contributed by atoms with van der Waals surface area (Å²) in [5.41, 5.74) is 0. The van der Waals surface area contributed by atoms with E-state index in [-0.39, 0.29) is 6.17 Å². The summed E-state index contributed by atoms with van der Waals surface area (Å²) in [5.74, 6) is 0. The van der Waals surface area contributed by atoms with E-state index < -0.39 is 0 Å². The second-order valence-corrected chi connectivity index (χ2v) is 3.15. The van der Waals surface area contributed by atoms with Gasteiger partial charge in [-0.05, 0) is 26.7 Å². The van der Waals surface area contributed by atoms with Gasteiger partial charge in [0.15, 0.2) is 0 Å². The first-order valence-corrected chi connectivity index (χ1v) is 3.94. The van der Waals surface area contributed by atoms with Crippen molar-refractivity contribution in [3.8, 4) is 0 Å². The highest BCUT2D eigenvalue weighted by molar-refractivity contribution is 4.85. The van der Waals surface area contributed by atoms with Crippen molar-refractivity contribution in [3.05, 3.63) is 6.17 Å². The summed E-state index contributed by atoms with van der Waals surface area (Å²) < 4.78 is 12.5. The van der Waals surface area contributed by atoms with Crippen LogP contribution in [0.5, 0.6) is 0 Å². The Morgan fingerprint density at radius 1 is 1.30 bits per heavy atom. The summed E-state index contributed by atoms with van der Waals surface area (Å²) >= 11 is 0. The smallest absolute Gasteiger partial charge is 0.147 e. The Kier molecular flexibility index (Phi) is 2.66. The molecule has 59 valence electrons. The molecule has 1 aliphatic rings. The van der Waals surface area contributed by atoms with Gasteiger partial charge < -0.3 is 4.90 Å². The zero-order chi connectivity index (χ0) is 7.56. The zero-order valence-corrected chi connectivity index (χ0v) is 6.73. The van der Waals surface area contributed by atoms with Gasteiger partial charge >= 0.3 is 0 Å². The van der Waals surface area contributed by atoms with E-state index in [0.29, 0.717) is 18.9 Å². The van der Waals surface area contributed by atoms with Crippen molar-refractivity contribution >= 4 is 0 Å². The molecule has 0 aliphatic carbocycles. The number of rotatable bonds is 1. The third-order valence-corrected chi connectivity index (χ3v) is 2.07. The van der Waals surface area contributed by atoms with Crippen molar-refractivity contribution < 1.29 is 4.39 Å². The van der Waals surface area contributed by atoms with Gasteiger partial charge in [0.1, 0.15) is 6.17 Å². The summed E-state index contributed by atoms with van der Waals surface area (Å²) in [6.07, 6.45) is 1.48. The van der Waals surface area contributed by atoms with E-state index in [1.807, 2.05) is 0 Å². The van der Waals surface area contributed by atoms with Crippen LogP contribution in [0.2, 0.25) is 0 Å². The largest absolute Gasteiger partial charge is 0.301 e. The number of hydrogen-bond donors (Lipinski definition) is 0. The molecule has 1 rings (SSSR count). The van der Waals surface area contributed by atoms with Crippen molar-refractivity contribution in [2.45, 2.75) is 32.7 Å². The predicted octanol–water partition coefficient (Wildman–Crippen LogP) is 1.99. The van der Waals surface area contributed by atoms with Gasteiger partial charge in [0.05, 0.1) is 0 Å². The molecule has 1 saturated heterocycles. The molecule has 1 heterocycles. The lowest BCUT2D eigenvalue weighted by molar-refractivity contribution is 0.168. The van der Waals surface area contributed by atoms with Crippen LogP contribution in [0.3, 0.4) is 0 Å². The Labute approximate surface area is 62.2 Å². The van der Waals surface area contributed by atoms with Crippen LogP contribution in [0, 0.1) is 6.17 Å².